The summed E-state index contributed by atoms with van der Waals surface area (Å²) in [6, 6.07) is 6.59. The standard InChI is InChI=1S/C12H17NO3S/c1-17(15,16)11-5-3-10(4-6-11)13-9-12(14)7-2-8-12/h3-6,13-14H,2,7-9H2,1H3. The lowest BCUT2D eigenvalue weighted by molar-refractivity contribution is -0.0201. The maximum absolute atomic E-state index is 11.3. The molecule has 4 nitrogen and oxygen atoms in total. The number of benzene rings is 1. The minimum atomic E-state index is -3.13. The molecule has 0 heterocycles. The smallest absolute Gasteiger partial charge is 0.175 e. The highest BCUT2D eigenvalue weighted by atomic mass is 32.2. The second kappa shape index (κ2) is 4.31. The maximum Gasteiger partial charge on any atom is 0.175 e. The summed E-state index contributed by atoms with van der Waals surface area (Å²) in [5.74, 6) is 0. The predicted octanol–water partition coefficient (Wildman–Crippen LogP) is 1.42. The number of aliphatic hydroxyl groups is 1. The topological polar surface area (TPSA) is 66.4 Å². The Morgan fingerprint density at radius 3 is 2.29 bits per heavy atom. The highest BCUT2D eigenvalue weighted by Crippen LogP contribution is 2.31. The van der Waals surface area contributed by atoms with Crippen molar-refractivity contribution in [1.82, 2.24) is 0 Å². The Kier molecular flexibility index (Phi) is 3.14. The van der Waals surface area contributed by atoms with Gasteiger partial charge >= 0.3 is 0 Å². The molecule has 1 aliphatic carbocycles. The van der Waals surface area contributed by atoms with Gasteiger partial charge in [-0.3, -0.25) is 0 Å². The van der Waals surface area contributed by atoms with Gasteiger partial charge in [0, 0.05) is 18.5 Å². The minimum Gasteiger partial charge on any atom is -0.388 e. The SMILES string of the molecule is CS(=O)(=O)c1ccc(NCC2(O)CCC2)cc1. The zero-order chi connectivity index (χ0) is 12.5. The highest BCUT2D eigenvalue weighted by molar-refractivity contribution is 7.90. The quantitative estimate of drug-likeness (QED) is 0.854. The Balaban J connectivity index is 1.99. The Morgan fingerprint density at radius 1 is 1.29 bits per heavy atom. The van der Waals surface area contributed by atoms with Gasteiger partial charge in [-0.15, -0.1) is 0 Å². The zero-order valence-corrected chi connectivity index (χ0v) is 10.6. The van der Waals surface area contributed by atoms with Gasteiger partial charge in [0.2, 0.25) is 0 Å². The maximum atomic E-state index is 11.3. The molecule has 0 bridgehead atoms. The number of sulfone groups is 1. The van der Waals surface area contributed by atoms with E-state index < -0.39 is 15.4 Å². The third-order valence-electron chi connectivity index (χ3n) is 3.19. The van der Waals surface area contributed by atoms with Crippen LogP contribution in [0.15, 0.2) is 29.2 Å². The molecule has 1 aliphatic rings. The molecule has 0 spiro atoms. The Bertz CT molecular complexity index is 489. The highest BCUT2D eigenvalue weighted by Gasteiger charge is 2.33. The van der Waals surface area contributed by atoms with Gasteiger partial charge in [0.15, 0.2) is 9.84 Å². The van der Waals surface area contributed by atoms with E-state index in [0.717, 1.165) is 24.9 Å². The molecule has 1 aromatic rings. The first-order valence-electron chi connectivity index (χ1n) is 5.65. The first-order chi connectivity index (χ1) is 7.89. The van der Waals surface area contributed by atoms with Crippen molar-refractivity contribution in [3.63, 3.8) is 0 Å². The first-order valence-corrected chi connectivity index (χ1v) is 7.55. The van der Waals surface area contributed by atoms with Gasteiger partial charge in [-0.1, -0.05) is 0 Å². The molecule has 94 valence electrons. The molecule has 0 aromatic heterocycles. The van der Waals surface area contributed by atoms with Crippen LogP contribution in [0.5, 0.6) is 0 Å². The molecular formula is C12H17NO3S. The number of nitrogens with one attached hydrogen (secondary N) is 1. The molecule has 5 heteroatoms. The van der Waals surface area contributed by atoms with Crippen molar-refractivity contribution in [2.45, 2.75) is 29.8 Å². The van der Waals surface area contributed by atoms with E-state index in [4.69, 9.17) is 0 Å². The summed E-state index contributed by atoms with van der Waals surface area (Å²) in [6.07, 6.45) is 3.93. The molecule has 0 saturated heterocycles. The fourth-order valence-corrected chi connectivity index (χ4v) is 2.48. The number of hydrogen-bond donors (Lipinski definition) is 2. The van der Waals surface area contributed by atoms with E-state index in [9.17, 15) is 13.5 Å². The first kappa shape index (κ1) is 12.4. The largest absolute Gasteiger partial charge is 0.388 e. The van der Waals surface area contributed by atoms with Crippen LogP contribution in [-0.4, -0.2) is 31.9 Å². The molecule has 1 saturated carbocycles. The van der Waals surface area contributed by atoms with Crippen molar-refractivity contribution < 1.29 is 13.5 Å². The molecule has 0 aliphatic heterocycles. The second-order valence-corrected chi connectivity index (χ2v) is 6.74. The normalized spacial score (nSPS) is 18.5. The van der Waals surface area contributed by atoms with E-state index in [1.165, 1.54) is 6.26 Å². The van der Waals surface area contributed by atoms with Gasteiger partial charge in [-0.05, 0) is 43.5 Å². The van der Waals surface area contributed by atoms with Gasteiger partial charge in [0.1, 0.15) is 0 Å². The summed E-state index contributed by atoms with van der Waals surface area (Å²) >= 11 is 0. The fourth-order valence-electron chi connectivity index (χ4n) is 1.85. The van der Waals surface area contributed by atoms with Crippen LogP contribution in [0.4, 0.5) is 5.69 Å². The molecule has 0 radical (unpaired) electrons. The molecule has 0 unspecified atom stereocenters. The lowest BCUT2D eigenvalue weighted by Crippen LogP contribution is -2.43. The van der Waals surface area contributed by atoms with Crippen LogP contribution in [0.25, 0.3) is 0 Å². The average Bonchev–Trinajstić information content (AvgIpc) is 2.23. The van der Waals surface area contributed by atoms with Gasteiger partial charge in [-0.25, -0.2) is 8.42 Å². The van der Waals surface area contributed by atoms with E-state index in [1.54, 1.807) is 24.3 Å². The van der Waals surface area contributed by atoms with Crippen LogP contribution in [-0.2, 0) is 9.84 Å². The Labute approximate surface area is 102 Å². The molecular weight excluding hydrogens is 238 g/mol. The predicted molar refractivity (Wildman–Crippen MR) is 66.8 cm³/mol. The monoisotopic (exact) mass is 255 g/mol. The molecule has 17 heavy (non-hydrogen) atoms. The van der Waals surface area contributed by atoms with E-state index in [1.807, 2.05) is 0 Å². The molecule has 1 aromatic carbocycles. The molecule has 2 rings (SSSR count). The third-order valence-corrected chi connectivity index (χ3v) is 4.32. The van der Waals surface area contributed by atoms with Crippen molar-refractivity contribution in [3.05, 3.63) is 24.3 Å². The van der Waals surface area contributed by atoms with Crippen LogP contribution in [0.1, 0.15) is 19.3 Å². The summed E-state index contributed by atoms with van der Waals surface area (Å²) in [6.45, 7) is 0.519. The lowest BCUT2D eigenvalue weighted by Gasteiger charge is -2.36. The van der Waals surface area contributed by atoms with E-state index in [0.29, 0.717) is 11.4 Å². The average molecular weight is 255 g/mol. The lowest BCUT2D eigenvalue weighted by atomic mass is 9.80. The Morgan fingerprint density at radius 2 is 1.88 bits per heavy atom. The van der Waals surface area contributed by atoms with Gasteiger partial charge in [0.05, 0.1) is 10.5 Å². The molecule has 0 atom stereocenters. The zero-order valence-electron chi connectivity index (χ0n) is 9.81. The van der Waals surface area contributed by atoms with Gasteiger partial charge in [0.25, 0.3) is 0 Å². The van der Waals surface area contributed by atoms with Crippen LogP contribution < -0.4 is 5.32 Å². The summed E-state index contributed by atoms with van der Waals surface area (Å²) < 4.78 is 22.5. The summed E-state index contributed by atoms with van der Waals surface area (Å²) in [4.78, 5) is 0.311. The van der Waals surface area contributed by atoms with Crippen LogP contribution in [0.2, 0.25) is 0 Å². The van der Waals surface area contributed by atoms with Crippen LogP contribution in [0, 0.1) is 0 Å². The summed E-state index contributed by atoms with van der Waals surface area (Å²) in [5.41, 5.74) is 0.257. The molecule has 2 N–H and O–H groups in total. The van der Waals surface area contributed by atoms with E-state index in [-0.39, 0.29) is 0 Å². The van der Waals surface area contributed by atoms with Crippen LogP contribution >= 0.6 is 0 Å². The van der Waals surface area contributed by atoms with Crippen molar-refractivity contribution >= 4 is 15.5 Å². The van der Waals surface area contributed by atoms with Crippen molar-refractivity contribution in [2.24, 2.45) is 0 Å². The molecule has 1 fully saturated rings. The summed E-state index contributed by atoms with van der Waals surface area (Å²) in [7, 11) is -3.13. The third kappa shape index (κ3) is 2.98. The van der Waals surface area contributed by atoms with Crippen molar-refractivity contribution in [3.8, 4) is 0 Å². The van der Waals surface area contributed by atoms with E-state index >= 15 is 0 Å². The number of hydrogen-bond acceptors (Lipinski definition) is 4. The Hall–Kier alpha value is -1.07. The van der Waals surface area contributed by atoms with E-state index in [2.05, 4.69) is 5.32 Å². The van der Waals surface area contributed by atoms with Crippen molar-refractivity contribution in [1.29, 1.82) is 0 Å². The fraction of sp³-hybridized carbons (Fsp3) is 0.500. The van der Waals surface area contributed by atoms with Crippen LogP contribution in [0.3, 0.4) is 0 Å². The van der Waals surface area contributed by atoms with Gasteiger partial charge in [-0.2, -0.15) is 0 Å². The second-order valence-electron chi connectivity index (χ2n) is 4.73. The molecule has 0 amide bonds. The van der Waals surface area contributed by atoms with Crippen molar-refractivity contribution in [2.75, 3.05) is 18.1 Å². The number of rotatable bonds is 4. The number of anilines is 1. The summed E-state index contributed by atoms with van der Waals surface area (Å²) in [5, 5.41) is 13.0. The minimum absolute atomic E-state index is 0.311. The van der Waals surface area contributed by atoms with Gasteiger partial charge < -0.3 is 10.4 Å².